The molecule has 0 aliphatic rings. The number of anilines is 1. The Morgan fingerprint density at radius 1 is 1.18 bits per heavy atom. The molecule has 0 fully saturated rings. The fourth-order valence-corrected chi connectivity index (χ4v) is 1.41. The zero-order valence-corrected chi connectivity index (χ0v) is 9.70. The molecule has 0 saturated carbocycles. The molecule has 88 valence electrons. The number of aryl methyl sites for hydroxylation is 2. The molecule has 0 atom stereocenters. The van der Waals surface area contributed by atoms with E-state index in [0.29, 0.717) is 17.3 Å². The summed E-state index contributed by atoms with van der Waals surface area (Å²) in [4.78, 5) is 4.04. The van der Waals surface area contributed by atoms with E-state index in [0.717, 1.165) is 11.1 Å². The quantitative estimate of drug-likeness (QED) is 0.864. The lowest BCUT2D eigenvalue weighted by atomic mass is 10.2. The Bertz CT molecular complexity index is 555. The van der Waals surface area contributed by atoms with Gasteiger partial charge in [-0.1, -0.05) is 6.07 Å². The Kier molecular flexibility index (Phi) is 2.95. The van der Waals surface area contributed by atoms with Crippen LogP contribution in [-0.2, 0) is 0 Å². The molecule has 17 heavy (non-hydrogen) atoms. The molecular formula is C13H13FN2O. The Balaban J connectivity index is 2.38. The van der Waals surface area contributed by atoms with Crippen LogP contribution in [0.4, 0.5) is 10.1 Å². The average Bonchev–Trinajstić information content (AvgIpc) is 2.30. The van der Waals surface area contributed by atoms with E-state index in [1.165, 1.54) is 12.1 Å². The number of rotatable bonds is 2. The Morgan fingerprint density at radius 3 is 2.71 bits per heavy atom. The lowest BCUT2D eigenvalue weighted by molar-refractivity contribution is 0.456. The Labute approximate surface area is 99.1 Å². The molecule has 2 aromatic rings. The van der Waals surface area contributed by atoms with Crippen molar-refractivity contribution in [3.05, 3.63) is 47.4 Å². The third-order valence-electron chi connectivity index (χ3n) is 2.53. The number of nitrogen functional groups attached to an aromatic ring is 1. The summed E-state index contributed by atoms with van der Waals surface area (Å²) in [6.45, 7) is 3.70. The van der Waals surface area contributed by atoms with Crippen molar-refractivity contribution in [2.24, 2.45) is 0 Å². The maximum absolute atomic E-state index is 13.1. The zero-order valence-electron chi connectivity index (χ0n) is 9.70. The summed E-state index contributed by atoms with van der Waals surface area (Å²) >= 11 is 0. The molecule has 0 saturated heterocycles. The minimum absolute atomic E-state index is 0.304. The van der Waals surface area contributed by atoms with Gasteiger partial charge in [0, 0.05) is 12.3 Å². The van der Waals surface area contributed by atoms with Gasteiger partial charge in [0.2, 0.25) is 5.88 Å². The van der Waals surface area contributed by atoms with Gasteiger partial charge in [0.25, 0.3) is 0 Å². The number of hydrogen-bond donors (Lipinski definition) is 1. The molecule has 0 amide bonds. The van der Waals surface area contributed by atoms with E-state index in [1.54, 1.807) is 18.3 Å². The summed E-state index contributed by atoms with van der Waals surface area (Å²) in [6.07, 6.45) is 1.61. The van der Waals surface area contributed by atoms with Gasteiger partial charge in [0.15, 0.2) is 0 Å². The van der Waals surface area contributed by atoms with Crippen molar-refractivity contribution in [3.63, 3.8) is 0 Å². The number of pyridine rings is 1. The number of halogens is 1. The Hall–Kier alpha value is -2.10. The van der Waals surface area contributed by atoms with E-state index in [2.05, 4.69) is 4.98 Å². The van der Waals surface area contributed by atoms with Crippen molar-refractivity contribution >= 4 is 5.69 Å². The summed E-state index contributed by atoms with van der Waals surface area (Å²) in [7, 11) is 0. The predicted octanol–water partition coefficient (Wildman–Crippen LogP) is 3.21. The third-order valence-corrected chi connectivity index (χ3v) is 2.53. The number of nitrogens with two attached hydrogens (primary N) is 1. The molecule has 2 N–H and O–H groups in total. The summed E-state index contributed by atoms with van der Waals surface area (Å²) in [6, 6.07) is 6.14. The number of hydrogen-bond acceptors (Lipinski definition) is 3. The van der Waals surface area contributed by atoms with Crippen LogP contribution in [0.3, 0.4) is 0 Å². The van der Waals surface area contributed by atoms with Gasteiger partial charge in [-0.05, 0) is 37.1 Å². The molecule has 1 aromatic heterocycles. The summed E-state index contributed by atoms with van der Waals surface area (Å²) in [5, 5.41) is 0. The summed E-state index contributed by atoms with van der Waals surface area (Å²) in [5.41, 5.74) is 8.01. The highest BCUT2D eigenvalue weighted by atomic mass is 19.1. The second-order valence-corrected chi connectivity index (χ2v) is 3.86. The van der Waals surface area contributed by atoms with Gasteiger partial charge in [0.1, 0.15) is 11.6 Å². The number of aromatic nitrogens is 1. The van der Waals surface area contributed by atoms with E-state index in [4.69, 9.17) is 10.5 Å². The number of nitrogens with zero attached hydrogens (tertiary/aromatic N) is 1. The van der Waals surface area contributed by atoms with Crippen LogP contribution in [0.2, 0.25) is 0 Å². The first-order valence-electron chi connectivity index (χ1n) is 5.23. The van der Waals surface area contributed by atoms with Gasteiger partial charge in [-0.2, -0.15) is 0 Å². The van der Waals surface area contributed by atoms with Gasteiger partial charge in [-0.25, -0.2) is 9.37 Å². The van der Waals surface area contributed by atoms with E-state index in [-0.39, 0.29) is 5.82 Å². The molecule has 0 radical (unpaired) electrons. The van der Waals surface area contributed by atoms with Gasteiger partial charge in [-0.15, -0.1) is 0 Å². The fourth-order valence-electron chi connectivity index (χ4n) is 1.41. The second kappa shape index (κ2) is 4.41. The molecular weight excluding hydrogens is 219 g/mol. The zero-order chi connectivity index (χ0) is 12.4. The first-order chi connectivity index (χ1) is 8.08. The normalized spacial score (nSPS) is 10.3. The van der Waals surface area contributed by atoms with Crippen molar-refractivity contribution < 1.29 is 9.13 Å². The molecule has 3 nitrogen and oxygen atoms in total. The molecule has 2 rings (SSSR count). The minimum Gasteiger partial charge on any atom is -0.437 e. The van der Waals surface area contributed by atoms with Crippen molar-refractivity contribution in [2.45, 2.75) is 13.8 Å². The molecule has 1 heterocycles. The summed E-state index contributed by atoms with van der Waals surface area (Å²) < 4.78 is 18.6. The number of ether oxygens (including phenoxy) is 1. The third kappa shape index (κ3) is 2.36. The predicted molar refractivity (Wildman–Crippen MR) is 64.6 cm³/mol. The maximum atomic E-state index is 13.1. The fraction of sp³-hybridized carbons (Fsp3) is 0.154. The molecule has 0 aliphatic heterocycles. The molecule has 0 bridgehead atoms. The molecule has 1 aromatic carbocycles. The van der Waals surface area contributed by atoms with Crippen molar-refractivity contribution in [1.82, 2.24) is 4.98 Å². The van der Waals surface area contributed by atoms with Gasteiger partial charge >= 0.3 is 0 Å². The maximum Gasteiger partial charge on any atom is 0.242 e. The van der Waals surface area contributed by atoms with Crippen LogP contribution in [0.5, 0.6) is 11.6 Å². The van der Waals surface area contributed by atoms with Crippen molar-refractivity contribution in [1.29, 1.82) is 0 Å². The van der Waals surface area contributed by atoms with Crippen LogP contribution in [0.1, 0.15) is 11.1 Å². The average molecular weight is 232 g/mol. The van der Waals surface area contributed by atoms with Gasteiger partial charge in [0.05, 0.1) is 5.69 Å². The highest BCUT2D eigenvalue weighted by molar-refractivity contribution is 5.55. The van der Waals surface area contributed by atoms with Crippen molar-refractivity contribution in [2.75, 3.05) is 5.73 Å². The molecule has 0 spiro atoms. The van der Waals surface area contributed by atoms with Crippen LogP contribution >= 0.6 is 0 Å². The van der Waals surface area contributed by atoms with E-state index < -0.39 is 0 Å². The lowest BCUT2D eigenvalue weighted by Crippen LogP contribution is -1.98. The first kappa shape index (κ1) is 11.4. The van der Waals surface area contributed by atoms with E-state index in [9.17, 15) is 4.39 Å². The van der Waals surface area contributed by atoms with Gasteiger partial charge in [-0.3, -0.25) is 0 Å². The van der Waals surface area contributed by atoms with Crippen LogP contribution in [0.15, 0.2) is 30.5 Å². The first-order valence-corrected chi connectivity index (χ1v) is 5.23. The summed E-state index contributed by atoms with van der Waals surface area (Å²) in [5.74, 6) is 0.380. The SMILES string of the molecule is Cc1ccc(F)cc1Oc1nccc(C)c1N. The minimum atomic E-state index is -0.350. The standard InChI is InChI=1S/C13H13FN2O/c1-8-3-4-10(14)7-11(8)17-13-12(15)9(2)5-6-16-13/h3-7H,15H2,1-2H3. The highest BCUT2D eigenvalue weighted by Crippen LogP contribution is 2.29. The van der Waals surface area contributed by atoms with Crippen molar-refractivity contribution in [3.8, 4) is 11.6 Å². The van der Waals surface area contributed by atoms with Crippen LogP contribution < -0.4 is 10.5 Å². The van der Waals surface area contributed by atoms with E-state index in [1.807, 2.05) is 13.8 Å². The monoisotopic (exact) mass is 232 g/mol. The Morgan fingerprint density at radius 2 is 1.94 bits per heavy atom. The second-order valence-electron chi connectivity index (χ2n) is 3.86. The molecule has 0 unspecified atom stereocenters. The molecule has 4 heteroatoms. The van der Waals surface area contributed by atoms with Crippen LogP contribution in [-0.4, -0.2) is 4.98 Å². The molecule has 0 aliphatic carbocycles. The van der Waals surface area contributed by atoms with Crippen LogP contribution in [0, 0.1) is 19.7 Å². The van der Waals surface area contributed by atoms with E-state index >= 15 is 0 Å². The largest absolute Gasteiger partial charge is 0.437 e. The topological polar surface area (TPSA) is 48.1 Å². The lowest BCUT2D eigenvalue weighted by Gasteiger charge is -2.10. The van der Waals surface area contributed by atoms with Gasteiger partial charge < -0.3 is 10.5 Å². The highest BCUT2D eigenvalue weighted by Gasteiger charge is 2.08. The smallest absolute Gasteiger partial charge is 0.242 e. The number of benzene rings is 1. The van der Waals surface area contributed by atoms with Crippen LogP contribution in [0.25, 0.3) is 0 Å².